The third-order valence-corrected chi connectivity index (χ3v) is 2.69. The van der Waals surface area contributed by atoms with Gasteiger partial charge in [-0.25, -0.2) is 0 Å². The van der Waals surface area contributed by atoms with E-state index in [2.05, 4.69) is 22.4 Å². The van der Waals surface area contributed by atoms with Crippen LogP contribution in [-0.4, -0.2) is 5.33 Å². The first-order chi connectivity index (χ1) is 3.93. The summed E-state index contributed by atoms with van der Waals surface area (Å²) in [6.45, 7) is 0. The Hall–Kier alpha value is 0.350. The fourth-order valence-corrected chi connectivity index (χ4v) is 1.80. The molecule has 1 heteroatoms. The number of halogens is 1. The van der Waals surface area contributed by atoms with Crippen LogP contribution in [0.25, 0.3) is 0 Å². The van der Waals surface area contributed by atoms with E-state index in [0.29, 0.717) is 0 Å². The maximum absolute atomic E-state index is 3.50. The van der Waals surface area contributed by atoms with Crippen LogP contribution in [0.4, 0.5) is 0 Å². The summed E-state index contributed by atoms with van der Waals surface area (Å²) in [4.78, 5) is 0. The first-order valence-electron chi connectivity index (χ1n) is 3.31. The van der Waals surface area contributed by atoms with Gasteiger partial charge in [0.25, 0.3) is 0 Å². The lowest BCUT2D eigenvalue weighted by molar-refractivity contribution is 0.449. The quantitative estimate of drug-likeness (QED) is 0.425. The largest absolute Gasteiger partial charge is 0.0925 e. The van der Waals surface area contributed by atoms with Gasteiger partial charge in [-0.2, -0.15) is 0 Å². The molecule has 1 fully saturated rings. The molecular weight excluding hydrogens is 164 g/mol. The average Bonchev–Trinajstić information content (AvgIpc) is 1.90. The fourth-order valence-electron chi connectivity index (χ4n) is 1.15. The lowest BCUT2D eigenvalue weighted by atomic mass is 9.91. The topological polar surface area (TPSA) is 0 Å². The summed E-state index contributed by atoms with van der Waals surface area (Å²) in [5, 5.41) is 1.21. The third kappa shape index (κ3) is 1.70. The van der Waals surface area contributed by atoms with Gasteiger partial charge >= 0.3 is 0 Å². The molecule has 0 saturated heterocycles. The molecule has 0 aliphatic heterocycles. The smallest absolute Gasteiger partial charge is 0.0878 e. The van der Waals surface area contributed by atoms with Gasteiger partial charge in [-0.05, 0) is 18.8 Å². The molecule has 0 heterocycles. The Balaban J connectivity index is 2.13. The van der Waals surface area contributed by atoms with E-state index >= 15 is 0 Å². The van der Waals surface area contributed by atoms with Crippen molar-refractivity contribution in [3.8, 4) is 0 Å². The number of hydrogen-bond donors (Lipinski definition) is 0. The molecule has 1 rings (SSSR count). The van der Waals surface area contributed by atoms with Crippen molar-refractivity contribution in [2.24, 2.45) is 5.92 Å². The van der Waals surface area contributed by atoms with Crippen LogP contribution in [0.3, 0.4) is 0 Å². The number of alkyl halides is 1. The molecule has 0 bridgehead atoms. The van der Waals surface area contributed by atoms with Crippen molar-refractivity contribution in [1.29, 1.82) is 0 Å². The Bertz CT molecular complexity index is 55.4. The van der Waals surface area contributed by atoms with Crippen molar-refractivity contribution in [2.75, 3.05) is 5.33 Å². The van der Waals surface area contributed by atoms with Crippen molar-refractivity contribution in [1.82, 2.24) is 0 Å². The molecule has 0 radical (unpaired) electrons. The minimum absolute atomic E-state index is 0.972. The minimum atomic E-state index is 0.972. The highest BCUT2D eigenvalue weighted by atomic mass is 79.9. The molecule has 0 N–H and O–H groups in total. The van der Waals surface area contributed by atoms with E-state index in [9.17, 15) is 0 Å². The molecule has 0 aromatic heterocycles. The highest BCUT2D eigenvalue weighted by molar-refractivity contribution is 9.09. The second-order valence-corrected chi connectivity index (χ2v) is 3.11. The number of hydrogen-bond acceptors (Lipinski definition) is 0. The molecule has 0 aromatic rings. The van der Waals surface area contributed by atoms with Crippen LogP contribution >= 0.6 is 15.9 Å². The molecule has 1 aliphatic rings. The molecular formula is C7H12Br+. The van der Waals surface area contributed by atoms with Gasteiger partial charge in [0.2, 0.25) is 0 Å². The standard InChI is InChI=1S/C7H12Br/c8-6-7-4-2-1-3-5-7/h1,7H,2-6H2/q+1. The lowest BCUT2D eigenvalue weighted by Gasteiger charge is -2.12. The van der Waals surface area contributed by atoms with Crippen molar-refractivity contribution in [2.45, 2.75) is 25.7 Å². The van der Waals surface area contributed by atoms with Gasteiger partial charge in [-0.3, -0.25) is 0 Å². The molecule has 0 aromatic carbocycles. The SMILES string of the molecule is BrCC1CC[CH+]CC1. The molecule has 0 atom stereocenters. The van der Waals surface area contributed by atoms with Crippen molar-refractivity contribution in [3.63, 3.8) is 0 Å². The highest BCUT2D eigenvalue weighted by Crippen LogP contribution is 2.23. The Labute approximate surface area is 59.8 Å². The summed E-state index contributed by atoms with van der Waals surface area (Å²) >= 11 is 3.50. The highest BCUT2D eigenvalue weighted by Gasteiger charge is 2.16. The van der Waals surface area contributed by atoms with Crippen LogP contribution in [0, 0.1) is 12.3 Å². The maximum atomic E-state index is 3.50. The molecule has 1 aliphatic carbocycles. The summed E-state index contributed by atoms with van der Waals surface area (Å²) in [6, 6.07) is 0. The van der Waals surface area contributed by atoms with E-state index in [1.54, 1.807) is 0 Å². The van der Waals surface area contributed by atoms with E-state index in [1.165, 1.54) is 31.0 Å². The summed E-state index contributed by atoms with van der Waals surface area (Å²) in [5.74, 6) is 0.972. The zero-order valence-corrected chi connectivity index (χ0v) is 6.65. The van der Waals surface area contributed by atoms with E-state index in [0.717, 1.165) is 5.92 Å². The van der Waals surface area contributed by atoms with Gasteiger partial charge in [0.05, 0.1) is 19.3 Å². The second-order valence-electron chi connectivity index (χ2n) is 2.46. The summed E-state index contributed by atoms with van der Waals surface area (Å²) in [5.41, 5.74) is 0. The Morgan fingerprint density at radius 1 is 1.38 bits per heavy atom. The van der Waals surface area contributed by atoms with Crippen molar-refractivity contribution in [3.05, 3.63) is 6.42 Å². The van der Waals surface area contributed by atoms with Crippen LogP contribution in [0.5, 0.6) is 0 Å². The average molecular weight is 176 g/mol. The molecule has 0 amide bonds. The van der Waals surface area contributed by atoms with Crippen molar-refractivity contribution < 1.29 is 0 Å². The molecule has 0 unspecified atom stereocenters. The van der Waals surface area contributed by atoms with Gasteiger partial charge in [-0.15, -0.1) is 0 Å². The van der Waals surface area contributed by atoms with Gasteiger partial charge < -0.3 is 0 Å². The van der Waals surface area contributed by atoms with E-state index in [-0.39, 0.29) is 0 Å². The third-order valence-electron chi connectivity index (χ3n) is 1.78. The van der Waals surface area contributed by atoms with Crippen LogP contribution in [0.2, 0.25) is 0 Å². The Morgan fingerprint density at radius 3 is 2.38 bits per heavy atom. The molecule has 1 saturated carbocycles. The van der Waals surface area contributed by atoms with Crippen LogP contribution in [0.1, 0.15) is 25.7 Å². The first-order valence-corrected chi connectivity index (χ1v) is 4.43. The Kier molecular flexibility index (Phi) is 2.74. The van der Waals surface area contributed by atoms with Gasteiger partial charge in [0.1, 0.15) is 0 Å². The maximum Gasteiger partial charge on any atom is 0.0878 e. The molecule has 8 heavy (non-hydrogen) atoms. The fraction of sp³-hybridized carbons (Fsp3) is 0.857. The van der Waals surface area contributed by atoms with Gasteiger partial charge in [-0.1, -0.05) is 15.9 Å². The van der Waals surface area contributed by atoms with Gasteiger partial charge in [0.15, 0.2) is 0 Å². The van der Waals surface area contributed by atoms with Crippen LogP contribution in [0.15, 0.2) is 0 Å². The summed E-state index contributed by atoms with van der Waals surface area (Å²) in [7, 11) is 0. The normalized spacial score (nSPS) is 22.6. The van der Waals surface area contributed by atoms with Crippen LogP contribution < -0.4 is 0 Å². The monoisotopic (exact) mass is 175 g/mol. The Morgan fingerprint density at radius 2 is 2.00 bits per heavy atom. The molecule has 0 spiro atoms. The van der Waals surface area contributed by atoms with Gasteiger partial charge in [0, 0.05) is 5.33 Å². The second kappa shape index (κ2) is 3.39. The minimum Gasteiger partial charge on any atom is -0.0925 e. The van der Waals surface area contributed by atoms with Crippen LogP contribution in [-0.2, 0) is 0 Å². The van der Waals surface area contributed by atoms with E-state index in [4.69, 9.17) is 0 Å². The zero-order valence-electron chi connectivity index (χ0n) is 5.07. The number of rotatable bonds is 1. The van der Waals surface area contributed by atoms with Crippen molar-refractivity contribution >= 4 is 15.9 Å². The molecule has 46 valence electrons. The summed E-state index contributed by atoms with van der Waals surface area (Å²) in [6.07, 6.45) is 7.90. The molecule has 0 nitrogen and oxygen atoms in total. The predicted molar refractivity (Wildman–Crippen MR) is 40.1 cm³/mol. The first kappa shape index (κ1) is 6.47. The zero-order chi connectivity index (χ0) is 5.82. The van der Waals surface area contributed by atoms with E-state index < -0.39 is 0 Å². The lowest BCUT2D eigenvalue weighted by Crippen LogP contribution is -2.06. The van der Waals surface area contributed by atoms with E-state index in [1.807, 2.05) is 0 Å². The summed E-state index contributed by atoms with van der Waals surface area (Å²) < 4.78 is 0. The predicted octanol–water partition coefficient (Wildman–Crippen LogP) is 2.78.